The molecule has 3 aliphatic rings. The van der Waals surface area contributed by atoms with Gasteiger partial charge in [0.25, 0.3) is 5.91 Å². The molecule has 0 N–H and O–H groups in total. The number of carbonyl (C=O) groups excluding carboxylic acids is 2. The molecule has 0 aromatic rings. The number of alkyl halides is 1. The van der Waals surface area contributed by atoms with E-state index in [0.717, 1.165) is 25.7 Å². The van der Waals surface area contributed by atoms with Gasteiger partial charge in [0.2, 0.25) is 0 Å². The van der Waals surface area contributed by atoms with Crippen molar-refractivity contribution in [3.05, 3.63) is 0 Å². The van der Waals surface area contributed by atoms with Gasteiger partial charge in [0.05, 0.1) is 6.04 Å². The Kier molecular flexibility index (Phi) is 3.04. The molecule has 1 heterocycles. The molecule has 3 fully saturated rings. The number of carbonyl (C=O) groups is 2. The Morgan fingerprint density at radius 1 is 1.37 bits per heavy atom. The van der Waals surface area contributed by atoms with Crippen molar-refractivity contribution in [3.8, 4) is 0 Å². The highest BCUT2D eigenvalue weighted by Gasteiger charge is 2.70. The lowest BCUT2D eigenvalue weighted by Crippen LogP contribution is -2.47. The van der Waals surface area contributed by atoms with Gasteiger partial charge in [0.1, 0.15) is 11.5 Å². The molecule has 2 aliphatic carbocycles. The van der Waals surface area contributed by atoms with Crippen molar-refractivity contribution < 1.29 is 14.3 Å². The Hall–Kier alpha value is -0.770. The summed E-state index contributed by atoms with van der Waals surface area (Å²) < 4.78 is 5.04. The Morgan fingerprint density at radius 3 is 2.47 bits per heavy atom. The quantitative estimate of drug-likeness (QED) is 0.733. The van der Waals surface area contributed by atoms with Gasteiger partial charge in [-0.25, -0.2) is 9.69 Å². The van der Waals surface area contributed by atoms with Crippen molar-refractivity contribution >= 4 is 23.6 Å². The minimum Gasteiger partial charge on any atom is -0.447 e. The van der Waals surface area contributed by atoms with E-state index in [1.165, 1.54) is 4.90 Å². The van der Waals surface area contributed by atoms with Crippen LogP contribution in [0.25, 0.3) is 0 Å². The van der Waals surface area contributed by atoms with Crippen molar-refractivity contribution in [2.24, 2.45) is 17.8 Å². The van der Waals surface area contributed by atoms with Crippen LogP contribution in [0.2, 0.25) is 0 Å². The standard InChI is InChI=1S/C14H20ClNO3/c1-8(2)11-7-19-13(18)16(11)12(17)14(15)9-5-3-4-6-10(9)14/h8-11H,3-7H2,1-2H3/t9-,10+,11-,14?/m1/s1. The van der Waals surface area contributed by atoms with Crippen molar-refractivity contribution in [3.63, 3.8) is 0 Å². The van der Waals surface area contributed by atoms with E-state index >= 15 is 0 Å². The fourth-order valence-corrected chi connectivity index (χ4v) is 4.26. The number of rotatable bonds is 2. The highest BCUT2D eigenvalue weighted by Crippen LogP contribution is 2.63. The van der Waals surface area contributed by atoms with E-state index in [-0.39, 0.29) is 29.7 Å². The minimum atomic E-state index is -0.826. The van der Waals surface area contributed by atoms with E-state index < -0.39 is 11.0 Å². The lowest BCUT2D eigenvalue weighted by atomic mass is 10.0. The summed E-state index contributed by atoms with van der Waals surface area (Å²) in [6.45, 7) is 4.28. The van der Waals surface area contributed by atoms with Crippen LogP contribution in [0.1, 0.15) is 39.5 Å². The molecule has 4 atom stereocenters. The fraction of sp³-hybridized carbons (Fsp3) is 0.857. The van der Waals surface area contributed by atoms with Gasteiger partial charge in [-0.2, -0.15) is 0 Å². The van der Waals surface area contributed by atoms with E-state index in [1.54, 1.807) is 0 Å². The van der Waals surface area contributed by atoms with E-state index in [1.807, 2.05) is 13.8 Å². The van der Waals surface area contributed by atoms with Crippen LogP contribution in [0.4, 0.5) is 4.79 Å². The molecule has 2 amide bonds. The van der Waals surface area contributed by atoms with Crippen molar-refractivity contribution in [2.45, 2.75) is 50.4 Å². The van der Waals surface area contributed by atoms with Crippen LogP contribution >= 0.6 is 11.6 Å². The third-order valence-electron chi connectivity index (χ3n) is 4.96. The maximum Gasteiger partial charge on any atom is 0.417 e. The summed E-state index contributed by atoms with van der Waals surface area (Å²) in [5.41, 5.74) is 0. The second-order valence-electron chi connectivity index (χ2n) is 6.33. The number of amides is 2. The third kappa shape index (κ3) is 1.79. The highest BCUT2D eigenvalue weighted by molar-refractivity contribution is 6.39. The van der Waals surface area contributed by atoms with E-state index in [2.05, 4.69) is 0 Å². The zero-order valence-electron chi connectivity index (χ0n) is 11.4. The Balaban J connectivity index is 1.82. The molecule has 1 unspecified atom stereocenters. The second kappa shape index (κ2) is 4.37. The van der Waals surface area contributed by atoms with Crippen LogP contribution in [0, 0.1) is 17.8 Å². The van der Waals surface area contributed by atoms with Gasteiger partial charge in [-0.05, 0) is 30.6 Å². The molecule has 0 radical (unpaired) electrons. The Morgan fingerprint density at radius 2 is 1.95 bits per heavy atom. The molecule has 19 heavy (non-hydrogen) atoms. The fourth-order valence-electron chi connectivity index (χ4n) is 3.71. The highest BCUT2D eigenvalue weighted by atomic mass is 35.5. The molecule has 1 saturated heterocycles. The molecule has 2 saturated carbocycles. The number of ether oxygens (including phenoxy) is 1. The zero-order chi connectivity index (χ0) is 13.8. The van der Waals surface area contributed by atoms with E-state index in [0.29, 0.717) is 6.61 Å². The van der Waals surface area contributed by atoms with Gasteiger partial charge in [-0.15, -0.1) is 11.6 Å². The average Bonchev–Trinajstić information content (AvgIpc) is 2.81. The first-order chi connectivity index (χ1) is 8.98. The molecule has 0 spiro atoms. The second-order valence-corrected chi connectivity index (χ2v) is 6.95. The number of halogens is 1. The maximum absolute atomic E-state index is 12.7. The van der Waals surface area contributed by atoms with Gasteiger partial charge in [0.15, 0.2) is 0 Å². The number of imide groups is 1. The van der Waals surface area contributed by atoms with Gasteiger partial charge in [-0.3, -0.25) is 4.79 Å². The molecule has 3 rings (SSSR count). The summed E-state index contributed by atoms with van der Waals surface area (Å²) in [6.07, 6.45) is 3.78. The molecule has 1 aliphatic heterocycles. The van der Waals surface area contributed by atoms with Crippen LogP contribution in [0.15, 0.2) is 0 Å². The lowest BCUT2D eigenvalue weighted by molar-refractivity contribution is -0.130. The first kappa shape index (κ1) is 13.2. The van der Waals surface area contributed by atoms with Crippen LogP contribution in [-0.2, 0) is 9.53 Å². The van der Waals surface area contributed by atoms with Gasteiger partial charge in [0, 0.05) is 0 Å². The number of hydrogen-bond acceptors (Lipinski definition) is 3. The Labute approximate surface area is 118 Å². The first-order valence-corrected chi connectivity index (χ1v) is 7.55. The molecular weight excluding hydrogens is 266 g/mol. The summed E-state index contributed by atoms with van der Waals surface area (Å²) in [7, 11) is 0. The van der Waals surface area contributed by atoms with Gasteiger partial charge < -0.3 is 4.74 Å². The Bertz CT molecular complexity index is 411. The number of hydrogen-bond donors (Lipinski definition) is 0. The summed E-state index contributed by atoms with van der Waals surface area (Å²) in [4.78, 5) is 25.0. The first-order valence-electron chi connectivity index (χ1n) is 7.17. The van der Waals surface area contributed by atoms with E-state index in [4.69, 9.17) is 16.3 Å². The zero-order valence-corrected chi connectivity index (χ0v) is 12.2. The number of nitrogens with zero attached hydrogens (tertiary/aromatic N) is 1. The van der Waals surface area contributed by atoms with Crippen molar-refractivity contribution in [2.75, 3.05) is 6.61 Å². The van der Waals surface area contributed by atoms with Crippen LogP contribution in [-0.4, -0.2) is 34.4 Å². The van der Waals surface area contributed by atoms with Crippen molar-refractivity contribution in [1.29, 1.82) is 0 Å². The molecule has 5 heteroatoms. The molecular formula is C14H20ClNO3. The van der Waals surface area contributed by atoms with Gasteiger partial charge >= 0.3 is 6.09 Å². The largest absolute Gasteiger partial charge is 0.447 e. The van der Waals surface area contributed by atoms with Crippen LogP contribution in [0.3, 0.4) is 0 Å². The SMILES string of the molecule is CC(C)[C@H]1COC(=O)N1C(=O)C1(Cl)[C@@H]2CCCC[C@@H]21. The van der Waals surface area contributed by atoms with Crippen LogP contribution < -0.4 is 0 Å². The van der Waals surface area contributed by atoms with Gasteiger partial charge in [-0.1, -0.05) is 26.7 Å². The molecule has 0 bridgehead atoms. The third-order valence-corrected chi connectivity index (χ3v) is 5.68. The number of cyclic esters (lactones) is 1. The van der Waals surface area contributed by atoms with Crippen LogP contribution in [0.5, 0.6) is 0 Å². The number of fused-ring (bicyclic) bond motifs is 1. The summed E-state index contributed by atoms with van der Waals surface area (Å²) in [5.74, 6) is 0.497. The lowest BCUT2D eigenvalue weighted by Gasteiger charge is -2.25. The topological polar surface area (TPSA) is 46.6 Å². The minimum absolute atomic E-state index is 0.168. The monoisotopic (exact) mass is 285 g/mol. The summed E-state index contributed by atoms with van der Waals surface area (Å²) in [5, 5.41) is 0. The predicted molar refractivity (Wildman–Crippen MR) is 70.9 cm³/mol. The van der Waals surface area contributed by atoms with Crippen molar-refractivity contribution in [1.82, 2.24) is 4.90 Å². The smallest absolute Gasteiger partial charge is 0.417 e. The molecule has 4 nitrogen and oxygen atoms in total. The summed E-state index contributed by atoms with van der Waals surface area (Å²) in [6, 6.07) is -0.168. The molecule has 106 valence electrons. The molecule has 0 aromatic heterocycles. The predicted octanol–water partition coefficient (Wildman–Crippen LogP) is 2.79. The molecule has 0 aromatic carbocycles. The normalized spacial score (nSPS) is 41.2. The average molecular weight is 286 g/mol. The van der Waals surface area contributed by atoms with E-state index in [9.17, 15) is 9.59 Å². The maximum atomic E-state index is 12.7. The summed E-state index contributed by atoms with van der Waals surface area (Å²) >= 11 is 6.58.